The molecule has 0 saturated carbocycles. The standard InChI is InChI=1S/C16H20FN3/c1-3-7-19-15-9-16(11-18-10-15)20-12(2)13-5-4-6-14(17)8-13/h4-6,8-12,19-20H,3,7H2,1-2H3. The monoisotopic (exact) mass is 273 g/mol. The zero-order valence-corrected chi connectivity index (χ0v) is 11.9. The highest BCUT2D eigenvalue weighted by atomic mass is 19.1. The number of rotatable bonds is 6. The lowest BCUT2D eigenvalue weighted by atomic mass is 10.1. The Balaban J connectivity index is 2.05. The van der Waals surface area contributed by atoms with Crippen molar-refractivity contribution in [3.05, 3.63) is 54.1 Å². The Morgan fingerprint density at radius 2 is 2.00 bits per heavy atom. The van der Waals surface area contributed by atoms with E-state index in [2.05, 4.69) is 22.5 Å². The molecule has 0 aliphatic carbocycles. The van der Waals surface area contributed by atoms with Crippen molar-refractivity contribution in [2.24, 2.45) is 0 Å². The summed E-state index contributed by atoms with van der Waals surface area (Å²) in [7, 11) is 0. The van der Waals surface area contributed by atoms with E-state index in [1.54, 1.807) is 24.5 Å². The van der Waals surface area contributed by atoms with Crippen LogP contribution >= 0.6 is 0 Å². The first-order valence-corrected chi connectivity index (χ1v) is 6.90. The minimum atomic E-state index is -0.215. The summed E-state index contributed by atoms with van der Waals surface area (Å²) in [6, 6.07) is 8.66. The van der Waals surface area contributed by atoms with E-state index in [0.717, 1.165) is 29.9 Å². The molecule has 0 saturated heterocycles. The third-order valence-electron chi connectivity index (χ3n) is 3.05. The first-order valence-electron chi connectivity index (χ1n) is 6.90. The Hall–Kier alpha value is -2.10. The van der Waals surface area contributed by atoms with Crippen LogP contribution in [0.2, 0.25) is 0 Å². The average Bonchev–Trinajstić information content (AvgIpc) is 2.45. The second-order valence-corrected chi connectivity index (χ2v) is 4.81. The third kappa shape index (κ3) is 3.95. The molecule has 0 aliphatic rings. The van der Waals surface area contributed by atoms with Crippen LogP contribution in [0.3, 0.4) is 0 Å². The summed E-state index contributed by atoms with van der Waals surface area (Å²) in [5.74, 6) is -0.215. The molecule has 2 rings (SSSR count). The highest BCUT2D eigenvalue weighted by Gasteiger charge is 2.06. The molecular formula is C16H20FN3. The summed E-state index contributed by atoms with van der Waals surface area (Å²) in [6.45, 7) is 5.04. The molecule has 0 spiro atoms. The Labute approximate surface area is 119 Å². The lowest BCUT2D eigenvalue weighted by Gasteiger charge is -2.16. The molecule has 1 atom stereocenters. The normalized spacial score (nSPS) is 11.9. The minimum Gasteiger partial charge on any atom is -0.384 e. The first-order chi connectivity index (χ1) is 9.69. The fourth-order valence-corrected chi connectivity index (χ4v) is 1.99. The van der Waals surface area contributed by atoms with E-state index in [-0.39, 0.29) is 11.9 Å². The molecule has 0 aliphatic heterocycles. The molecular weight excluding hydrogens is 253 g/mol. The van der Waals surface area contributed by atoms with Gasteiger partial charge in [0.2, 0.25) is 0 Å². The van der Waals surface area contributed by atoms with Crippen molar-refractivity contribution in [2.75, 3.05) is 17.2 Å². The summed E-state index contributed by atoms with van der Waals surface area (Å²) in [5, 5.41) is 6.63. The number of hydrogen-bond donors (Lipinski definition) is 2. The van der Waals surface area contributed by atoms with Gasteiger partial charge in [-0.05, 0) is 37.1 Å². The molecule has 1 unspecified atom stereocenters. The zero-order chi connectivity index (χ0) is 14.4. The second kappa shape index (κ2) is 6.89. The van der Waals surface area contributed by atoms with Crippen LogP contribution in [0, 0.1) is 5.82 Å². The van der Waals surface area contributed by atoms with Gasteiger partial charge in [-0.1, -0.05) is 19.1 Å². The highest BCUT2D eigenvalue weighted by Crippen LogP contribution is 2.21. The number of benzene rings is 1. The van der Waals surface area contributed by atoms with Crippen molar-refractivity contribution < 1.29 is 4.39 Å². The van der Waals surface area contributed by atoms with Crippen LogP contribution in [0.4, 0.5) is 15.8 Å². The lowest BCUT2D eigenvalue weighted by molar-refractivity contribution is 0.623. The van der Waals surface area contributed by atoms with Gasteiger partial charge in [0.15, 0.2) is 0 Å². The molecule has 2 aromatic rings. The van der Waals surface area contributed by atoms with Crippen molar-refractivity contribution in [3.63, 3.8) is 0 Å². The molecule has 4 heteroatoms. The van der Waals surface area contributed by atoms with Gasteiger partial charge in [-0.3, -0.25) is 4.98 Å². The van der Waals surface area contributed by atoms with Crippen LogP contribution in [0.5, 0.6) is 0 Å². The van der Waals surface area contributed by atoms with E-state index in [4.69, 9.17) is 0 Å². The van der Waals surface area contributed by atoms with E-state index in [9.17, 15) is 4.39 Å². The van der Waals surface area contributed by atoms with Crippen LogP contribution < -0.4 is 10.6 Å². The van der Waals surface area contributed by atoms with Gasteiger partial charge in [0, 0.05) is 12.6 Å². The number of nitrogens with one attached hydrogen (secondary N) is 2. The number of nitrogens with zero attached hydrogens (tertiary/aromatic N) is 1. The number of pyridine rings is 1. The van der Waals surface area contributed by atoms with E-state index >= 15 is 0 Å². The molecule has 1 aromatic heterocycles. The maximum Gasteiger partial charge on any atom is 0.123 e. The number of hydrogen-bond acceptors (Lipinski definition) is 3. The summed E-state index contributed by atoms with van der Waals surface area (Å²) in [4.78, 5) is 4.20. The predicted octanol–water partition coefficient (Wildman–Crippen LogP) is 4.22. The largest absolute Gasteiger partial charge is 0.384 e. The fraction of sp³-hybridized carbons (Fsp3) is 0.312. The molecule has 106 valence electrons. The Bertz CT molecular complexity index is 557. The molecule has 3 nitrogen and oxygen atoms in total. The van der Waals surface area contributed by atoms with Gasteiger partial charge in [-0.2, -0.15) is 0 Å². The first kappa shape index (κ1) is 14.3. The van der Waals surface area contributed by atoms with Gasteiger partial charge in [-0.15, -0.1) is 0 Å². The number of anilines is 2. The molecule has 1 aromatic carbocycles. The lowest BCUT2D eigenvalue weighted by Crippen LogP contribution is -2.08. The van der Waals surface area contributed by atoms with Crippen LogP contribution in [0.1, 0.15) is 31.9 Å². The predicted molar refractivity (Wildman–Crippen MR) is 81.5 cm³/mol. The minimum absolute atomic E-state index is 0.0222. The summed E-state index contributed by atoms with van der Waals surface area (Å²) in [6.07, 6.45) is 4.64. The molecule has 20 heavy (non-hydrogen) atoms. The molecule has 0 amide bonds. The fourth-order valence-electron chi connectivity index (χ4n) is 1.99. The average molecular weight is 273 g/mol. The van der Waals surface area contributed by atoms with Gasteiger partial charge in [0.25, 0.3) is 0 Å². The Kier molecular flexibility index (Phi) is 4.93. The quantitative estimate of drug-likeness (QED) is 0.827. The highest BCUT2D eigenvalue weighted by molar-refractivity contribution is 5.54. The zero-order valence-electron chi connectivity index (χ0n) is 11.9. The van der Waals surface area contributed by atoms with Crippen LogP contribution in [-0.2, 0) is 0 Å². The van der Waals surface area contributed by atoms with E-state index in [0.29, 0.717) is 0 Å². The van der Waals surface area contributed by atoms with Gasteiger partial charge in [-0.25, -0.2) is 4.39 Å². The number of halogens is 1. The van der Waals surface area contributed by atoms with E-state index in [1.165, 1.54) is 6.07 Å². The Morgan fingerprint density at radius 1 is 1.20 bits per heavy atom. The van der Waals surface area contributed by atoms with Gasteiger partial charge >= 0.3 is 0 Å². The SMILES string of the molecule is CCCNc1cncc(NC(C)c2cccc(F)c2)c1. The van der Waals surface area contributed by atoms with E-state index < -0.39 is 0 Å². The van der Waals surface area contributed by atoms with Crippen molar-refractivity contribution in [2.45, 2.75) is 26.3 Å². The van der Waals surface area contributed by atoms with E-state index in [1.807, 2.05) is 19.1 Å². The maximum absolute atomic E-state index is 13.2. The summed E-state index contributed by atoms with van der Waals surface area (Å²) < 4.78 is 13.2. The topological polar surface area (TPSA) is 37.0 Å². The molecule has 0 fully saturated rings. The number of aromatic nitrogens is 1. The van der Waals surface area contributed by atoms with Gasteiger partial charge < -0.3 is 10.6 Å². The second-order valence-electron chi connectivity index (χ2n) is 4.81. The molecule has 0 bridgehead atoms. The maximum atomic E-state index is 13.2. The third-order valence-corrected chi connectivity index (χ3v) is 3.05. The Morgan fingerprint density at radius 3 is 2.75 bits per heavy atom. The van der Waals surface area contributed by atoms with Gasteiger partial charge in [0.1, 0.15) is 5.82 Å². The van der Waals surface area contributed by atoms with Crippen molar-refractivity contribution in [1.82, 2.24) is 4.98 Å². The molecule has 0 radical (unpaired) electrons. The molecule has 1 heterocycles. The van der Waals surface area contributed by atoms with Crippen LogP contribution in [0.25, 0.3) is 0 Å². The summed E-state index contributed by atoms with van der Waals surface area (Å²) >= 11 is 0. The van der Waals surface area contributed by atoms with Crippen molar-refractivity contribution in [1.29, 1.82) is 0 Å². The van der Waals surface area contributed by atoms with Crippen LogP contribution in [0.15, 0.2) is 42.7 Å². The van der Waals surface area contributed by atoms with Gasteiger partial charge in [0.05, 0.1) is 23.8 Å². The molecule has 2 N–H and O–H groups in total. The van der Waals surface area contributed by atoms with Crippen LogP contribution in [-0.4, -0.2) is 11.5 Å². The smallest absolute Gasteiger partial charge is 0.123 e. The van der Waals surface area contributed by atoms with Crippen molar-refractivity contribution >= 4 is 11.4 Å². The van der Waals surface area contributed by atoms with Crippen molar-refractivity contribution in [3.8, 4) is 0 Å². The summed E-state index contributed by atoms with van der Waals surface area (Å²) in [5.41, 5.74) is 2.82.